The van der Waals surface area contributed by atoms with Crippen LogP contribution < -0.4 is 16.0 Å². The van der Waals surface area contributed by atoms with Gasteiger partial charge in [-0.3, -0.25) is 9.78 Å². The van der Waals surface area contributed by atoms with Crippen molar-refractivity contribution < 1.29 is 13.9 Å². The highest BCUT2D eigenvalue weighted by Crippen LogP contribution is 2.43. The summed E-state index contributed by atoms with van der Waals surface area (Å²) in [6, 6.07) is 6.46. The Labute approximate surface area is 200 Å². The highest BCUT2D eigenvalue weighted by Gasteiger charge is 2.41. The molecule has 1 amide bonds. The predicted octanol–water partition coefficient (Wildman–Crippen LogP) is 2.27. The Hall–Kier alpha value is -3.02. The molecule has 4 heterocycles. The highest BCUT2D eigenvalue weighted by atomic mass is 32.1. The molecule has 178 valence electrons. The Bertz CT molecular complexity index is 1130. The van der Waals surface area contributed by atoms with Crippen molar-refractivity contribution in [2.75, 3.05) is 31.6 Å². The van der Waals surface area contributed by atoms with Crippen LogP contribution in [0.3, 0.4) is 0 Å². The van der Waals surface area contributed by atoms with Crippen LogP contribution in [0.2, 0.25) is 0 Å². The molecule has 3 N–H and O–H groups in total. The molecule has 2 fully saturated rings. The first-order chi connectivity index (χ1) is 16.6. The van der Waals surface area contributed by atoms with E-state index in [1.165, 1.54) is 17.4 Å². The second-order valence-corrected chi connectivity index (χ2v) is 9.67. The summed E-state index contributed by atoms with van der Waals surface area (Å²) in [7, 11) is 0. The number of carbonyl (C=O) groups excluding carboxylic acids is 1. The number of thiazole rings is 1. The largest absolute Gasteiger partial charge is 0.378 e. The molecule has 0 unspecified atom stereocenters. The van der Waals surface area contributed by atoms with Gasteiger partial charge in [0.15, 0.2) is 0 Å². The van der Waals surface area contributed by atoms with E-state index in [1.54, 1.807) is 18.5 Å². The second-order valence-electron chi connectivity index (χ2n) is 8.56. The lowest BCUT2D eigenvalue weighted by atomic mass is 9.66. The van der Waals surface area contributed by atoms with Gasteiger partial charge >= 0.3 is 0 Å². The molecule has 3 aromatic rings. The molecule has 9 nitrogen and oxygen atoms in total. The zero-order valence-electron chi connectivity index (χ0n) is 18.6. The molecule has 34 heavy (non-hydrogen) atoms. The third-order valence-corrected chi connectivity index (χ3v) is 7.31. The average molecular weight is 484 g/mol. The van der Waals surface area contributed by atoms with Gasteiger partial charge in [0.25, 0.3) is 0 Å². The number of rotatable bonds is 8. The van der Waals surface area contributed by atoms with E-state index >= 15 is 0 Å². The van der Waals surface area contributed by atoms with Gasteiger partial charge in [-0.15, -0.1) is 21.5 Å². The minimum atomic E-state index is -0.319. The van der Waals surface area contributed by atoms with Crippen molar-refractivity contribution in [3.05, 3.63) is 53.0 Å². The maximum absolute atomic E-state index is 14.3. The number of aromatic nitrogens is 4. The number of ether oxygens (including phenoxy) is 1. The van der Waals surface area contributed by atoms with Crippen LogP contribution in [0.1, 0.15) is 29.8 Å². The minimum Gasteiger partial charge on any atom is -0.378 e. The Morgan fingerprint density at radius 1 is 1.26 bits per heavy atom. The fourth-order valence-electron chi connectivity index (χ4n) is 4.22. The topological polar surface area (TPSA) is 114 Å². The van der Waals surface area contributed by atoms with Crippen molar-refractivity contribution >= 4 is 23.1 Å². The molecule has 1 aliphatic heterocycles. The summed E-state index contributed by atoms with van der Waals surface area (Å²) in [5.41, 5.74) is 0.872. The second kappa shape index (κ2) is 10.1. The van der Waals surface area contributed by atoms with Crippen LogP contribution in [-0.4, -0.2) is 58.4 Å². The fourth-order valence-corrected chi connectivity index (χ4v) is 5.03. The maximum Gasteiger partial charge on any atom is 0.239 e. The van der Waals surface area contributed by atoms with Crippen LogP contribution in [0.5, 0.6) is 0 Å². The van der Waals surface area contributed by atoms with Gasteiger partial charge in [-0.1, -0.05) is 6.42 Å². The van der Waals surface area contributed by atoms with Crippen LogP contribution in [0.25, 0.3) is 10.7 Å². The molecule has 1 saturated carbocycles. The number of carbonyl (C=O) groups is 1. The third kappa shape index (κ3) is 4.91. The molecule has 0 aromatic carbocycles. The lowest BCUT2D eigenvalue weighted by molar-refractivity contribution is -0.126. The normalized spacial score (nSPS) is 19.3. The molecule has 1 atom stereocenters. The number of nitrogens with one attached hydrogen (secondary N) is 3. The molecule has 5 rings (SSSR count). The quantitative estimate of drug-likeness (QED) is 0.447. The van der Waals surface area contributed by atoms with Crippen LogP contribution >= 0.6 is 11.3 Å². The molecule has 3 aromatic heterocycles. The van der Waals surface area contributed by atoms with Crippen molar-refractivity contribution in [3.63, 3.8) is 0 Å². The Morgan fingerprint density at radius 3 is 2.88 bits per heavy atom. The predicted molar refractivity (Wildman–Crippen MR) is 126 cm³/mol. The first-order valence-electron chi connectivity index (χ1n) is 11.4. The molecule has 1 saturated heterocycles. The van der Waals surface area contributed by atoms with Gasteiger partial charge in [-0.25, -0.2) is 9.37 Å². The Morgan fingerprint density at radius 2 is 2.18 bits per heavy atom. The van der Waals surface area contributed by atoms with Gasteiger partial charge in [-0.2, -0.15) is 0 Å². The molecular formula is C23H26FN7O2S. The van der Waals surface area contributed by atoms with E-state index in [0.717, 1.165) is 29.1 Å². The Kier molecular flexibility index (Phi) is 6.75. The van der Waals surface area contributed by atoms with Crippen LogP contribution in [0, 0.1) is 5.82 Å². The van der Waals surface area contributed by atoms with E-state index in [2.05, 4.69) is 36.1 Å². The summed E-state index contributed by atoms with van der Waals surface area (Å²) in [4.78, 5) is 21.9. The van der Waals surface area contributed by atoms with E-state index in [4.69, 9.17) is 4.74 Å². The number of hydrogen-bond donors (Lipinski definition) is 3. The summed E-state index contributed by atoms with van der Waals surface area (Å²) in [5, 5.41) is 18.7. The molecule has 0 radical (unpaired) electrons. The number of pyridine rings is 1. The van der Waals surface area contributed by atoms with Crippen LogP contribution in [-0.2, 0) is 21.5 Å². The average Bonchev–Trinajstić information content (AvgIpc) is 3.33. The number of amides is 1. The van der Waals surface area contributed by atoms with Gasteiger partial charge in [-0.05, 0) is 37.1 Å². The number of nitrogens with zero attached hydrogens (tertiary/aromatic N) is 4. The first kappa shape index (κ1) is 22.8. The van der Waals surface area contributed by atoms with E-state index in [-0.39, 0.29) is 23.2 Å². The summed E-state index contributed by atoms with van der Waals surface area (Å²) < 4.78 is 19.6. The first-order valence-corrected chi connectivity index (χ1v) is 12.2. The molecule has 0 bridgehead atoms. The van der Waals surface area contributed by atoms with Crippen LogP contribution in [0.15, 0.2) is 36.7 Å². The van der Waals surface area contributed by atoms with Gasteiger partial charge in [0.2, 0.25) is 5.91 Å². The number of anilines is 1. The van der Waals surface area contributed by atoms with Crippen molar-refractivity contribution in [3.8, 4) is 10.7 Å². The molecule has 0 spiro atoms. The van der Waals surface area contributed by atoms with Gasteiger partial charge in [0.05, 0.1) is 25.5 Å². The SMILES string of the molecule is O=C(NCc1cnc(-c2ccc(NCC3(c4ncccc4F)CCC3)nn2)s1)[C@@H]1COCCN1. The lowest BCUT2D eigenvalue weighted by Crippen LogP contribution is -2.50. The van der Waals surface area contributed by atoms with Crippen molar-refractivity contribution in [1.29, 1.82) is 0 Å². The molecule has 11 heteroatoms. The molecule has 1 aliphatic carbocycles. The molecular weight excluding hydrogens is 457 g/mol. The number of morpholine rings is 1. The summed E-state index contributed by atoms with van der Waals surface area (Å²) >= 11 is 1.46. The highest BCUT2D eigenvalue weighted by molar-refractivity contribution is 7.15. The van der Waals surface area contributed by atoms with Gasteiger partial charge in [0.1, 0.15) is 28.4 Å². The maximum atomic E-state index is 14.3. The zero-order valence-corrected chi connectivity index (χ0v) is 19.4. The summed E-state index contributed by atoms with van der Waals surface area (Å²) in [6.45, 7) is 2.63. The van der Waals surface area contributed by atoms with Crippen molar-refractivity contribution in [2.24, 2.45) is 0 Å². The van der Waals surface area contributed by atoms with E-state index in [1.807, 2.05) is 12.1 Å². The number of halogens is 1. The van der Waals surface area contributed by atoms with Gasteiger partial charge < -0.3 is 20.7 Å². The lowest BCUT2D eigenvalue weighted by Gasteiger charge is -2.41. The minimum absolute atomic E-state index is 0.0836. The van der Waals surface area contributed by atoms with Crippen molar-refractivity contribution in [2.45, 2.75) is 37.3 Å². The summed E-state index contributed by atoms with van der Waals surface area (Å²) in [6.07, 6.45) is 6.21. The van der Waals surface area contributed by atoms with Gasteiger partial charge in [0, 0.05) is 35.8 Å². The van der Waals surface area contributed by atoms with E-state index in [9.17, 15) is 9.18 Å². The van der Waals surface area contributed by atoms with E-state index < -0.39 is 0 Å². The monoisotopic (exact) mass is 483 g/mol. The fraction of sp³-hybridized carbons (Fsp3) is 0.435. The smallest absolute Gasteiger partial charge is 0.239 e. The third-order valence-electron chi connectivity index (χ3n) is 6.29. The molecule has 2 aliphatic rings. The number of hydrogen-bond acceptors (Lipinski definition) is 9. The van der Waals surface area contributed by atoms with Crippen molar-refractivity contribution in [1.82, 2.24) is 30.8 Å². The summed E-state index contributed by atoms with van der Waals surface area (Å²) in [5.74, 6) is 0.279. The standard InChI is InChI=1S/C23H26FN7O2S/c24-16-3-1-8-26-20(16)23(6-2-7-23)14-29-19-5-4-17(30-31-19)22-28-12-15(34-22)11-27-21(32)18-13-33-10-9-25-18/h1,3-5,8,12,18,25H,2,6-7,9-11,13-14H2,(H,27,32)(H,29,31)/t18-/m0/s1. The Balaban J connectivity index is 1.17. The van der Waals surface area contributed by atoms with E-state index in [0.29, 0.717) is 50.1 Å². The van der Waals surface area contributed by atoms with Crippen LogP contribution in [0.4, 0.5) is 10.2 Å². The zero-order chi connectivity index (χ0) is 23.4.